The lowest BCUT2D eigenvalue weighted by atomic mass is 10.1. The normalized spacial score (nSPS) is 15.7. The molecule has 3 rings (SSSR count). The molecule has 0 saturated carbocycles. The molecular weight excluding hydrogens is 495 g/mol. The minimum Gasteiger partial charge on any atom is -0.490 e. The summed E-state index contributed by atoms with van der Waals surface area (Å²) in [5, 5.41) is 0. The van der Waals surface area contributed by atoms with Gasteiger partial charge in [-0.3, -0.25) is 4.79 Å². The lowest BCUT2D eigenvalue weighted by Crippen LogP contribution is -2.49. The van der Waals surface area contributed by atoms with Crippen molar-refractivity contribution in [1.29, 1.82) is 0 Å². The minimum atomic E-state index is -3.53. The fraction of sp³-hybridized carbons (Fsp3) is 0.458. The highest BCUT2D eigenvalue weighted by Crippen LogP contribution is 2.28. The second kappa shape index (κ2) is 10.5. The summed E-state index contributed by atoms with van der Waals surface area (Å²) in [5.41, 5.74) is 0.439. The molecule has 0 radical (unpaired) electrons. The van der Waals surface area contributed by atoms with Crippen molar-refractivity contribution < 1.29 is 30.8 Å². The summed E-state index contributed by atoms with van der Waals surface area (Å²) in [7, 11) is -7.04. The van der Waals surface area contributed by atoms with Crippen LogP contribution >= 0.6 is 0 Å². The molecule has 192 valence electrons. The van der Waals surface area contributed by atoms with Crippen LogP contribution in [0, 0.1) is 5.82 Å². The van der Waals surface area contributed by atoms with Gasteiger partial charge in [-0.05, 0) is 49.7 Å². The van der Waals surface area contributed by atoms with Gasteiger partial charge in [0.15, 0.2) is 19.7 Å². The Morgan fingerprint density at radius 2 is 1.63 bits per heavy atom. The minimum absolute atomic E-state index is 0.0279. The van der Waals surface area contributed by atoms with E-state index in [-0.39, 0.29) is 51.9 Å². The zero-order valence-corrected chi connectivity index (χ0v) is 22.0. The number of hydrogen-bond acceptors (Lipinski definition) is 7. The van der Waals surface area contributed by atoms with Gasteiger partial charge in [0.25, 0.3) is 5.91 Å². The molecule has 8 nitrogen and oxygen atoms in total. The van der Waals surface area contributed by atoms with Crippen molar-refractivity contribution in [3.63, 3.8) is 0 Å². The van der Waals surface area contributed by atoms with Crippen molar-refractivity contribution in [3.8, 4) is 5.75 Å². The van der Waals surface area contributed by atoms with Crippen molar-refractivity contribution in [2.24, 2.45) is 0 Å². The van der Waals surface area contributed by atoms with Crippen LogP contribution in [0.15, 0.2) is 46.2 Å². The van der Waals surface area contributed by atoms with Crippen LogP contribution in [-0.2, 0) is 19.7 Å². The number of carbonyl (C=O) groups excluding carboxylic acids is 1. The van der Waals surface area contributed by atoms with Crippen molar-refractivity contribution in [2.45, 2.75) is 43.1 Å². The molecule has 2 aromatic rings. The van der Waals surface area contributed by atoms with Gasteiger partial charge in [-0.2, -0.15) is 0 Å². The predicted octanol–water partition coefficient (Wildman–Crippen LogP) is 3.16. The molecule has 1 amide bonds. The quantitative estimate of drug-likeness (QED) is 0.521. The van der Waals surface area contributed by atoms with E-state index in [0.717, 1.165) is 12.3 Å². The second-order valence-electron chi connectivity index (χ2n) is 8.56. The number of piperazine rings is 1. The molecule has 2 aromatic carbocycles. The molecule has 0 spiro atoms. The lowest BCUT2D eigenvalue weighted by molar-refractivity contribution is 0.0739. The average molecular weight is 527 g/mol. The Kier molecular flexibility index (Phi) is 8.10. The summed E-state index contributed by atoms with van der Waals surface area (Å²) < 4.78 is 68.8. The topological polar surface area (TPSA) is 101 Å². The van der Waals surface area contributed by atoms with Crippen molar-refractivity contribution in [2.75, 3.05) is 43.1 Å². The van der Waals surface area contributed by atoms with Crippen LogP contribution < -0.4 is 9.64 Å². The SMILES string of the molecule is CCC(C)Oc1ccc(S(C)(=O)=O)cc1C(=O)N1CCN(c2ccc(S(=O)(=O)CC)cc2F)CC1. The Labute approximate surface area is 206 Å². The number of amides is 1. The van der Waals surface area contributed by atoms with E-state index in [1.807, 2.05) is 13.8 Å². The second-order valence-corrected chi connectivity index (χ2v) is 12.9. The summed E-state index contributed by atoms with van der Waals surface area (Å²) in [6, 6.07) is 8.14. The molecule has 0 bridgehead atoms. The fourth-order valence-corrected chi connectivity index (χ4v) is 5.27. The number of carbonyl (C=O) groups is 1. The van der Waals surface area contributed by atoms with Gasteiger partial charge < -0.3 is 14.5 Å². The van der Waals surface area contributed by atoms with Crippen LogP contribution in [0.1, 0.15) is 37.6 Å². The fourth-order valence-electron chi connectivity index (χ4n) is 3.73. The van der Waals surface area contributed by atoms with Gasteiger partial charge in [0.05, 0.1) is 32.9 Å². The molecule has 1 fully saturated rings. The zero-order chi connectivity index (χ0) is 26.0. The summed E-state index contributed by atoms with van der Waals surface area (Å²) in [6.45, 7) is 6.52. The summed E-state index contributed by atoms with van der Waals surface area (Å²) in [5.74, 6) is -0.795. The van der Waals surface area contributed by atoms with Gasteiger partial charge in [0.1, 0.15) is 11.6 Å². The summed E-state index contributed by atoms with van der Waals surface area (Å²) in [4.78, 5) is 16.7. The molecule has 0 aliphatic carbocycles. The molecule has 1 saturated heterocycles. The van der Waals surface area contributed by atoms with Crippen LogP contribution in [-0.4, -0.2) is 71.9 Å². The van der Waals surface area contributed by atoms with E-state index in [1.165, 1.54) is 37.3 Å². The van der Waals surface area contributed by atoms with Crippen LogP contribution in [0.4, 0.5) is 10.1 Å². The number of benzene rings is 2. The highest BCUT2D eigenvalue weighted by Gasteiger charge is 2.27. The number of hydrogen-bond donors (Lipinski definition) is 0. The van der Waals surface area contributed by atoms with Gasteiger partial charge >= 0.3 is 0 Å². The third-order valence-corrected chi connectivity index (χ3v) is 8.92. The standard InChI is InChI=1S/C24H31FN2O6S2/c1-5-17(3)33-23-10-8-18(34(4,29)30)15-20(23)24(28)27-13-11-26(12-14-27)22-9-7-19(16-21(22)25)35(31,32)6-2/h7-10,15-17H,5-6,11-14H2,1-4H3. The lowest BCUT2D eigenvalue weighted by Gasteiger charge is -2.36. The molecule has 1 aliphatic rings. The van der Waals surface area contributed by atoms with Gasteiger partial charge in [-0.25, -0.2) is 21.2 Å². The molecular formula is C24H31FN2O6S2. The van der Waals surface area contributed by atoms with Gasteiger partial charge in [-0.1, -0.05) is 13.8 Å². The predicted molar refractivity (Wildman–Crippen MR) is 132 cm³/mol. The van der Waals surface area contributed by atoms with Crippen LogP contribution in [0.2, 0.25) is 0 Å². The molecule has 1 heterocycles. The van der Waals surface area contributed by atoms with E-state index in [9.17, 15) is 26.0 Å². The maximum Gasteiger partial charge on any atom is 0.257 e. The molecule has 1 unspecified atom stereocenters. The van der Waals surface area contributed by atoms with E-state index in [2.05, 4.69) is 0 Å². The van der Waals surface area contributed by atoms with E-state index in [1.54, 1.807) is 9.80 Å². The molecule has 11 heteroatoms. The monoisotopic (exact) mass is 526 g/mol. The van der Waals surface area contributed by atoms with Gasteiger partial charge in [0, 0.05) is 32.4 Å². The van der Waals surface area contributed by atoms with Crippen molar-refractivity contribution >= 4 is 31.3 Å². The molecule has 0 aromatic heterocycles. The first kappa shape index (κ1) is 26.9. The number of ether oxygens (including phenoxy) is 1. The number of rotatable bonds is 8. The first-order valence-electron chi connectivity index (χ1n) is 11.4. The number of anilines is 1. The van der Waals surface area contributed by atoms with Crippen LogP contribution in [0.3, 0.4) is 0 Å². The van der Waals surface area contributed by atoms with E-state index >= 15 is 0 Å². The molecule has 1 atom stereocenters. The number of sulfone groups is 2. The highest BCUT2D eigenvalue weighted by atomic mass is 32.2. The Bertz CT molecular complexity index is 1300. The first-order valence-corrected chi connectivity index (χ1v) is 15.0. The Morgan fingerprint density at radius 3 is 2.17 bits per heavy atom. The third-order valence-electron chi connectivity index (χ3n) is 6.08. The van der Waals surface area contributed by atoms with Gasteiger partial charge in [0.2, 0.25) is 0 Å². The van der Waals surface area contributed by atoms with Crippen LogP contribution in [0.25, 0.3) is 0 Å². The number of nitrogens with zero attached hydrogens (tertiary/aromatic N) is 2. The summed E-state index contributed by atoms with van der Waals surface area (Å²) >= 11 is 0. The van der Waals surface area contributed by atoms with Gasteiger partial charge in [-0.15, -0.1) is 0 Å². The van der Waals surface area contributed by atoms with Crippen molar-refractivity contribution in [1.82, 2.24) is 4.90 Å². The largest absolute Gasteiger partial charge is 0.490 e. The Hall–Kier alpha value is -2.66. The molecule has 35 heavy (non-hydrogen) atoms. The molecule has 0 N–H and O–H groups in total. The van der Waals surface area contributed by atoms with E-state index in [0.29, 0.717) is 25.3 Å². The first-order chi connectivity index (χ1) is 16.4. The van der Waals surface area contributed by atoms with E-state index in [4.69, 9.17) is 4.74 Å². The smallest absolute Gasteiger partial charge is 0.257 e. The number of halogens is 1. The zero-order valence-electron chi connectivity index (χ0n) is 20.3. The van der Waals surface area contributed by atoms with E-state index < -0.39 is 25.5 Å². The Morgan fingerprint density at radius 1 is 1.00 bits per heavy atom. The average Bonchev–Trinajstić information content (AvgIpc) is 2.83. The Balaban J connectivity index is 1.80. The molecule has 1 aliphatic heterocycles. The maximum atomic E-state index is 14.7. The third kappa shape index (κ3) is 6.13. The summed E-state index contributed by atoms with van der Waals surface area (Å²) in [6.07, 6.45) is 1.63. The van der Waals surface area contributed by atoms with Crippen LogP contribution in [0.5, 0.6) is 5.75 Å². The van der Waals surface area contributed by atoms with Crippen molar-refractivity contribution in [3.05, 3.63) is 47.8 Å². The highest BCUT2D eigenvalue weighted by molar-refractivity contribution is 7.91. The maximum absolute atomic E-state index is 14.7.